The van der Waals surface area contributed by atoms with Gasteiger partial charge in [-0.1, -0.05) is 12.1 Å². The fraction of sp³-hybridized carbons (Fsp3) is 0.200. The summed E-state index contributed by atoms with van der Waals surface area (Å²) < 4.78 is 18.7. The van der Waals surface area contributed by atoms with Gasteiger partial charge in [-0.2, -0.15) is 0 Å². The number of esters is 1. The average Bonchev–Trinajstić information content (AvgIpc) is 3.00. The van der Waals surface area contributed by atoms with Gasteiger partial charge in [0.05, 0.1) is 16.9 Å². The largest absolute Gasteiger partial charge is 0.452 e. The first-order valence-corrected chi connectivity index (χ1v) is 8.54. The number of nitrogens with one attached hydrogen (secondary N) is 1. The van der Waals surface area contributed by atoms with Crippen molar-refractivity contribution >= 4 is 35.1 Å². The van der Waals surface area contributed by atoms with Crippen molar-refractivity contribution in [2.75, 3.05) is 16.8 Å². The van der Waals surface area contributed by atoms with E-state index in [-0.39, 0.29) is 41.6 Å². The Morgan fingerprint density at radius 3 is 2.50 bits per heavy atom. The van der Waals surface area contributed by atoms with E-state index in [1.165, 1.54) is 36.4 Å². The van der Waals surface area contributed by atoms with Crippen LogP contribution >= 0.6 is 0 Å². The van der Waals surface area contributed by atoms with Crippen molar-refractivity contribution in [3.8, 4) is 0 Å². The Morgan fingerprint density at radius 2 is 1.82 bits per heavy atom. The maximum Gasteiger partial charge on any atom is 0.338 e. The Labute approximate surface area is 160 Å². The Morgan fingerprint density at radius 1 is 1.11 bits per heavy atom. The van der Waals surface area contributed by atoms with Gasteiger partial charge in [-0.25, -0.2) is 9.18 Å². The first-order valence-electron chi connectivity index (χ1n) is 8.54. The van der Waals surface area contributed by atoms with Crippen LogP contribution in [0.5, 0.6) is 0 Å². The van der Waals surface area contributed by atoms with Crippen LogP contribution in [0.15, 0.2) is 42.5 Å². The number of nitrogens with zero attached hydrogens (tertiary/aromatic N) is 1. The van der Waals surface area contributed by atoms with Gasteiger partial charge in [0.1, 0.15) is 5.82 Å². The molecular weight excluding hydrogens is 367 g/mol. The van der Waals surface area contributed by atoms with Crippen LogP contribution in [0.4, 0.5) is 15.8 Å². The molecule has 1 aliphatic rings. The third-order valence-corrected chi connectivity index (χ3v) is 4.12. The number of carbonyl (C=O) groups is 4. The zero-order valence-corrected chi connectivity index (χ0v) is 15.0. The predicted octanol–water partition coefficient (Wildman–Crippen LogP) is 2.58. The summed E-state index contributed by atoms with van der Waals surface area (Å²) in [6.45, 7) is 1.10. The molecule has 2 aromatic rings. The van der Waals surface area contributed by atoms with E-state index < -0.39 is 24.3 Å². The first-order chi connectivity index (χ1) is 13.3. The van der Waals surface area contributed by atoms with Crippen LogP contribution in [0.1, 0.15) is 28.8 Å². The second-order valence-electron chi connectivity index (χ2n) is 6.28. The molecule has 1 aliphatic heterocycles. The van der Waals surface area contributed by atoms with E-state index in [9.17, 15) is 23.6 Å². The van der Waals surface area contributed by atoms with Gasteiger partial charge in [0, 0.05) is 12.8 Å². The van der Waals surface area contributed by atoms with Crippen LogP contribution in [0.2, 0.25) is 0 Å². The fourth-order valence-electron chi connectivity index (χ4n) is 2.76. The number of imide groups is 1. The zero-order chi connectivity index (χ0) is 20.3. The van der Waals surface area contributed by atoms with E-state index in [0.717, 1.165) is 4.90 Å². The highest BCUT2D eigenvalue weighted by Crippen LogP contribution is 2.23. The van der Waals surface area contributed by atoms with Crippen molar-refractivity contribution in [2.24, 2.45) is 0 Å². The van der Waals surface area contributed by atoms with Gasteiger partial charge in [-0.3, -0.25) is 19.3 Å². The normalized spacial score (nSPS) is 13.6. The number of anilines is 2. The minimum absolute atomic E-state index is 0.0142. The van der Waals surface area contributed by atoms with E-state index >= 15 is 0 Å². The summed E-state index contributed by atoms with van der Waals surface area (Å²) >= 11 is 0. The third-order valence-electron chi connectivity index (χ3n) is 4.12. The Hall–Kier alpha value is -3.55. The number of carbonyl (C=O) groups excluding carboxylic acids is 4. The van der Waals surface area contributed by atoms with Crippen LogP contribution in [0.25, 0.3) is 0 Å². The zero-order valence-electron chi connectivity index (χ0n) is 15.0. The van der Waals surface area contributed by atoms with Crippen molar-refractivity contribution in [3.05, 3.63) is 59.4 Å². The molecule has 1 N–H and O–H groups in total. The van der Waals surface area contributed by atoms with Crippen molar-refractivity contribution in [3.63, 3.8) is 0 Å². The highest BCUT2D eigenvalue weighted by molar-refractivity contribution is 6.20. The van der Waals surface area contributed by atoms with Gasteiger partial charge in [-0.15, -0.1) is 0 Å². The highest BCUT2D eigenvalue weighted by atomic mass is 19.1. The molecule has 0 atom stereocenters. The first kappa shape index (κ1) is 19.2. The molecule has 8 heteroatoms. The Kier molecular flexibility index (Phi) is 5.49. The molecule has 1 saturated heterocycles. The summed E-state index contributed by atoms with van der Waals surface area (Å²) in [5, 5.41) is 2.32. The summed E-state index contributed by atoms with van der Waals surface area (Å²) in [6, 6.07) is 10.1. The van der Waals surface area contributed by atoms with Crippen molar-refractivity contribution in [1.82, 2.24) is 0 Å². The number of halogens is 1. The maximum absolute atomic E-state index is 13.7. The van der Waals surface area contributed by atoms with Crippen molar-refractivity contribution < 1.29 is 28.3 Å². The van der Waals surface area contributed by atoms with E-state index in [4.69, 9.17) is 4.74 Å². The lowest BCUT2D eigenvalue weighted by molar-refractivity contribution is -0.121. The molecule has 3 rings (SSSR count). The quantitative estimate of drug-likeness (QED) is 0.632. The molecule has 0 saturated carbocycles. The summed E-state index contributed by atoms with van der Waals surface area (Å²) in [4.78, 5) is 48.7. The van der Waals surface area contributed by atoms with E-state index in [0.29, 0.717) is 5.56 Å². The topological polar surface area (TPSA) is 92.8 Å². The molecule has 28 heavy (non-hydrogen) atoms. The van der Waals surface area contributed by atoms with Crippen LogP contribution in [0.3, 0.4) is 0 Å². The fourth-order valence-corrected chi connectivity index (χ4v) is 2.76. The second-order valence-corrected chi connectivity index (χ2v) is 6.28. The van der Waals surface area contributed by atoms with Gasteiger partial charge in [-0.05, 0) is 42.8 Å². The molecule has 0 spiro atoms. The van der Waals surface area contributed by atoms with E-state index in [2.05, 4.69) is 5.32 Å². The van der Waals surface area contributed by atoms with E-state index in [1.54, 1.807) is 13.0 Å². The molecule has 144 valence electrons. The third kappa shape index (κ3) is 4.22. The summed E-state index contributed by atoms with van der Waals surface area (Å²) in [5.41, 5.74) is 1.05. The summed E-state index contributed by atoms with van der Waals surface area (Å²) in [5.74, 6) is -2.77. The molecule has 0 radical (unpaired) electrons. The molecular formula is C20H17FN2O5. The summed E-state index contributed by atoms with van der Waals surface area (Å²) in [7, 11) is 0. The molecule has 0 unspecified atom stereocenters. The monoisotopic (exact) mass is 384 g/mol. The molecule has 3 amide bonds. The van der Waals surface area contributed by atoms with Gasteiger partial charge >= 0.3 is 5.97 Å². The van der Waals surface area contributed by atoms with Gasteiger partial charge in [0.25, 0.3) is 5.91 Å². The average molecular weight is 384 g/mol. The number of amides is 3. The second kappa shape index (κ2) is 7.99. The predicted molar refractivity (Wildman–Crippen MR) is 98.2 cm³/mol. The standard InChI is InChI=1S/C20H17FN2O5/c1-12-5-6-16(15(21)9-12)22-17(24)11-28-20(27)13-3-2-4-14(10-13)23-18(25)7-8-19(23)26/h2-6,9-10H,7-8,11H2,1H3,(H,22,24). The maximum atomic E-state index is 13.7. The van der Waals surface area contributed by atoms with Gasteiger partial charge in [0.2, 0.25) is 11.8 Å². The molecule has 0 aliphatic carbocycles. The number of ether oxygens (including phenoxy) is 1. The molecule has 1 fully saturated rings. The lowest BCUT2D eigenvalue weighted by atomic mass is 10.2. The minimum Gasteiger partial charge on any atom is -0.452 e. The number of rotatable bonds is 5. The molecule has 0 aromatic heterocycles. The van der Waals surface area contributed by atoms with Gasteiger partial charge < -0.3 is 10.1 Å². The highest BCUT2D eigenvalue weighted by Gasteiger charge is 2.30. The van der Waals surface area contributed by atoms with Crippen LogP contribution in [0, 0.1) is 12.7 Å². The number of hydrogen-bond acceptors (Lipinski definition) is 5. The van der Waals surface area contributed by atoms with E-state index in [1.807, 2.05) is 0 Å². The number of hydrogen-bond donors (Lipinski definition) is 1. The van der Waals surface area contributed by atoms with Crippen LogP contribution in [-0.2, 0) is 19.1 Å². The van der Waals surface area contributed by atoms with Crippen molar-refractivity contribution in [2.45, 2.75) is 19.8 Å². The SMILES string of the molecule is Cc1ccc(NC(=O)COC(=O)c2cccc(N3C(=O)CCC3=O)c2)c(F)c1. The van der Waals surface area contributed by atoms with Crippen LogP contribution < -0.4 is 10.2 Å². The lowest BCUT2D eigenvalue weighted by Gasteiger charge is -2.14. The molecule has 7 nitrogen and oxygen atoms in total. The number of benzene rings is 2. The molecule has 1 heterocycles. The van der Waals surface area contributed by atoms with Crippen molar-refractivity contribution in [1.29, 1.82) is 0 Å². The lowest BCUT2D eigenvalue weighted by Crippen LogP contribution is -2.28. The molecule has 2 aromatic carbocycles. The molecule has 0 bridgehead atoms. The minimum atomic E-state index is -0.805. The van der Waals surface area contributed by atoms with Crippen LogP contribution in [-0.4, -0.2) is 30.3 Å². The number of aryl methyl sites for hydroxylation is 1. The summed E-state index contributed by atoms with van der Waals surface area (Å²) in [6.07, 6.45) is 0.256. The Bertz CT molecular complexity index is 957. The Balaban J connectivity index is 1.62. The smallest absolute Gasteiger partial charge is 0.338 e. The van der Waals surface area contributed by atoms with Gasteiger partial charge in [0.15, 0.2) is 6.61 Å².